The summed E-state index contributed by atoms with van der Waals surface area (Å²) in [6, 6.07) is 7.02. The van der Waals surface area contributed by atoms with E-state index >= 15 is 0 Å². The number of thiophene rings is 1. The number of aliphatic hydroxyl groups is 1. The molecule has 3 aromatic heterocycles. The van der Waals surface area contributed by atoms with Crippen LogP contribution in [0.25, 0.3) is 32.4 Å². The summed E-state index contributed by atoms with van der Waals surface area (Å²) in [5.41, 5.74) is 5.16. The normalized spacial score (nSPS) is 23.2. The molecule has 0 radical (unpaired) electrons. The first-order valence-corrected chi connectivity index (χ1v) is 13.1. The lowest BCUT2D eigenvalue weighted by molar-refractivity contribution is 0.211. The number of aromatic nitrogens is 4. The van der Waals surface area contributed by atoms with Crippen molar-refractivity contribution < 1.29 is 5.11 Å². The van der Waals surface area contributed by atoms with Crippen LogP contribution >= 0.6 is 11.3 Å². The van der Waals surface area contributed by atoms with Gasteiger partial charge in [-0.2, -0.15) is 0 Å². The summed E-state index contributed by atoms with van der Waals surface area (Å²) in [6.45, 7) is 1.59. The quantitative estimate of drug-likeness (QED) is 0.424. The van der Waals surface area contributed by atoms with Crippen LogP contribution in [0.15, 0.2) is 47.3 Å². The molecule has 7 rings (SSSR count). The number of rotatable bonds is 3. The Morgan fingerprint density at radius 1 is 1.15 bits per heavy atom. The Labute approximate surface area is 200 Å². The average molecular weight is 474 g/mol. The zero-order valence-corrected chi connectivity index (χ0v) is 19.7. The van der Waals surface area contributed by atoms with Gasteiger partial charge in [-0.25, -0.2) is 9.97 Å². The number of aliphatic hydroxyl groups excluding tert-OH is 1. The van der Waals surface area contributed by atoms with E-state index < -0.39 is 0 Å². The Kier molecular flexibility index (Phi) is 4.67. The number of benzene rings is 1. The highest BCUT2D eigenvalue weighted by molar-refractivity contribution is 7.21. The fourth-order valence-corrected chi connectivity index (χ4v) is 7.43. The van der Waals surface area contributed by atoms with E-state index in [1.165, 1.54) is 49.5 Å². The molecule has 174 valence electrons. The lowest BCUT2D eigenvalue weighted by Crippen LogP contribution is -2.22. The Balaban J connectivity index is 1.31. The molecule has 2 N–H and O–H groups in total. The number of hydrogen-bond acceptors (Lipinski definition) is 6. The van der Waals surface area contributed by atoms with Gasteiger partial charge in [0.1, 0.15) is 10.4 Å². The Morgan fingerprint density at radius 3 is 2.88 bits per heavy atom. The van der Waals surface area contributed by atoms with Gasteiger partial charge in [-0.3, -0.25) is 4.79 Å². The smallest absolute Gasteiger partial charge is 0.261 e. The second kappa shape index (κ2) is 7.78. The zero-order chi connectivity index (χ0) is 22.8. The van der Waals surface area contributed by atoms with E-state index in [0.29, 0.717) is 17.3 Å². The van der Waals surface area contributed by atoms with Crippen LogP contribution in [0.5, 0.6) is 0 Å². The van der Waals surface area contributed by atoms with Gasteiger partial charge in [-0.1, -0.05) is 31.4 Å². The number of hydrogen-bond donors (Lipinski definition) is 2. The van der Waals surface area contributed by atoms with Crippen LogP contribution in [0.2, 0.25) is 0 Å². The number of H-pyrrole nitrogens is 1. The predicted octanol–water partition coefficient (Wildman–Crippen LogP) is 4.63. The third-order valence-electron chi connectivity index (χ3n) is 7.84. The summed E-state index contributed by atoms with van der Waals surface area (Å²) in [6.07, 6.45) is 12.3. The van der Waals surface area contributed by atoms with E-state index in [1.807, 2.05) is 12.4 Å². The molecule has 2 aliphatic carbocycles. The first-order valence-electron chi connectivity index (χ1n) is 12.3. The number of aromatic amines is 1. The van der Waals surface area contributed by atoms with Crippen LogP contribution < -0.4 is 10.5 Å². The van der Waals surface area contributed by atoms with E-state index in [-0.39, 0.29) is 11.7 Å². The molecule has 8 heteroatoms. The molecule has 2 atom stereocenters. The van der Waals surface area contributed by atoms with Gasteiger partial charge in [0.05, 0.1) is 40.2 Å². The third-order valence-corrected chi connectivity index (χ3v) is 9.13. The molecule has 1 saturated carbocycles. The number of anilines is 1. The fraction of sp³-hybridized carbons (Fsp3) is 0.423. The molecule has 2 fully saturated rings. The topological polar surface area (TPSA) is 87.0 Å². The van der Waals surface area contributed by atoms with Crippen molar-refractivity contribution in [1.29, 1.82) is 0 Å². The molecule has 0 spiro atoms. The maximum Gasteiger partial charge on any atom is 0.261 e. The minimum Gasteiger partial charge on any atom is -0.389 e. The first kappa shape index (κ1) is 20.4. The molecule has 3 aliphatic rings. The van der Waals surface area contributed by atoms with Gasteiger partial charge < -0.3 is 19.6 Å². The van der Waals surface area contributed by atoms with Crippen molar-refractivity contribution in [2.24, 2.45) is 5.92 Å². The summed E-state index contributed by atoms with van der Waals surface area (Å²) in [5, 5.41) is 11.6. The van der Waals surface area contributed by atoms with Crippen LogP contribution in [0, 0.1) is 5.92 Å². The van der Waals surface area contributed by atoms with Gasteiger partial charge in [0, 0.05) is 25.0 Å². The van der Waals surface area contributed by atoms with E-state index in [1.54, 1.807) is 11.3 Å². The zero-order valence-electron chi connectivity index (χ0n) is 18.9. The van der Waals surface area contributed by atoms with Gasteiger partial charge in [0.25, 0.3) is 5.56 Å². The first-order chi connectivity index (χ1) is 16.7. The standard InChI is InChI=1S/C26H27N5O2S/c32-19-8-16-11-30(12-17(16)9-19)26-22-23(27-13-28-25(22)33)24(34-26)15-6-7-21-20(10-15)29-14-31(21)18-4-2-1-3-5-18/h6-8,10,13-14,17-19,32H,1-5,9,11-12H2,(H,27,28,33)/t17-,19+/m1/s1. The Hall–Kier alpha value is -2.97. The molecule has 0 amide bonds. The lowest BCUT2D eigenvalue weighted by atomic mass is 9.95. The molecule has 1 aliphatic heterocycles. The third kappa shape index (κ3) is 3.15. The summed E-state index contributed by atoms with van der Waals surface area (Å²) in [4.78, 5) is 28.3. The summed E-state index contributed by atoms with van der Waals surface area (Å²) in [5.74, 6) is 0.367. The van der Waals surface area contributed by atoms with Gasteiger partial charge in [-0.05, 0) is 42.5 Å². The number of imidazole rings is 1. The second-order valence-electron chi connectivity index (χ2n) is 9.96. The minimum absolute atomic E-state index is 0.101. The second-order valence-corrected chi connectivity index (χ2v) is 11.0. The van der Waals surface area contributed by atoms with Crippen molar-refractivity contribution in [3.05, 3.63) is 52.9 Å². The van der Waals surface area contributed by atoms with Crippen molar-refractivity contribution >= 4 is 38.3 Å². The molecule has 1 saturated heterocycles. The van der Waals surface area contributed by atoms with Gasteiger partial charge in [-0.15, -0.1) is 11.3 Å². The van der Waals surface area contributed by atoms with Gasteiger partial charge in [0.15, 0.2) is 0 Å². The van der Waals surface area contributed by atoms with Crippen LogP contribution in [-0.4, -0.2) is 43.8 Å². The van der Waals surface area contributed by atoms with Crippen LogP contribution in [0.3, 0.4) is 0 Å². The molecule has 4 aromatic rings. The molecule has 0 bridgehead atoms. The van der Waals surface area contributed by atoms with Crippen LogP contribution in [0.1, 0.15) is 44.6 Å². The molecular formula is C26H27N5O2S. The van der Waals surface area contributed by atoms with Crippen LogP contribution in [0.4, 0.5) is 5.00 Å². The molecule has 7 nitrogen and oxygen atoms in total. The molecule has 34 heavy (non-hydrogen) atoms. The molecule has 1 aromatic carbocycles. The van der Waals surface area contributed by atoms with E-state index in [4.69, 9.17) is 4.98 Å². The van der Waals surface area contributed by atoms with Crippen molar-refractivity contribution in [1.82, 2.24) is 19.5 Å². The molecule has 4 heterocycles. The van der Waals surface area contributed by atoms with Gasteiger partial charge >= 0.3 is 0 Å². The number of nitrogens with zero attached hydrogens (tertiary/aromatic N) is 4. The van der Waals surface area contributed by atoms with Crippen molar-refractivity contribution in [2.45, 2.75) is 50.7 Å². The minimum atomic E-state index is -0.331. The molecular weight excluding hydrogens is 446 g/mol. The largest absolute Gasteiger partial charge is 0.389 e. The molecule has 0 unspecified atom stereocenters. The predicted molar refractivity (Wildman–Crippen MR) is 135 cm³/mol. The fourth-order valence-electron chi connectivity index (χ4n) is 6.18. The Morgan fingerprint density at radius 2 is 2.03 bits per heavy atom. The van der Waals surface area contributed by atoms with E-state index in [9.17, 15) is 9.90 Å². The Bertz CT molecular complexity index is 1490. The number of fused-ring (bicyclic) bond motifs is 3. The summed E-state index contributed by atoms with van der Waals surface area (Å²) >= 11 is 1.64. The highest BCUT2D eigenvalue weighted by Gasteiger charge is 2.35. The highest BCUT2D eigenvalue weighted by atomic mass is 32.1. The monoisotopic (exact) mass is 473 g/mol. The average Bonchev–Trinajstić information content (AvgIpc) is 3.60. The highest BCUT2D eigenvalue weighted by Crippen LogP contribution is 2.45. The summed E-state index contributed by atoms with van der Waals surface area (Å²) in [7, 11) is 0. The van der Waals surface area contributed by atoms with E-state index in [0.717, 1.165) is 46.0 Å². The maximum atomic E-state index is 12.9. The van der Waals surface area contributed by atoms with Crippen LogP contribution in [-0.2, 0) is 0 Å². The van der Waals surface area contributed by atoms with Crippen molar-refractivity contribution in [2.75, 3.05) is 18.0 Å². The van der Waals surface area contributed by atoms with E-state index in [2.05, 4.69) is 37.6 Å². The van der Waals surface area contributed by atoms with Crippen molar-refractivity contribution in [3.8, 4) is 10.4 Å². The van der Waals surface area contributed by atoms with Gasteiger partial charge in [0.2, 0.25) is 0 Å². The summed E-state index contributed by atoms with van der Waals surface area (Å²) < 4.78 is 2.35. The SMILES string of the molecule is O=c1[nH]cnc2c(-c3ccc4c(c3)ncn4C3CCCCC3)sc(N3CC4=C[C@H](O)C[C@@H]4C3)c12. The lowest BCUT2D eigenvalue weighted by Gasteiger charge is -2.23. The maximum absolute atomic E-state index is 12.9. The van der Waals surface area contributed by atoms with Crippen molar-refractivity contribution in [3.63, 3.8) is 0 Å². The number of nitrogens with one attached hydrogen (secondary N) is 1.